The normalized spacial score (nSPS) is 17.9. The Morgan fingerprint density at radius 2 is 2.13 bits per heavy atom. The minimum absolute atomic E-state index is 0.222. The van der Waals surface area contributed by atoms with E-state index in [9.17, 15) is 4.79 Å². The van der Waals surface area contributed by atoms with Crippen LogP contribution in [0, 0.1) is 0 Å². The molecule has 2 aliphatic heterocycles. The Bertz CT molecular complexity index is 442. The third-order valence-corrected chi connectivity index (χ3v) is 3.17. The third-order valence-electron chi connectivity index (χ3n) is 3.17. The second kappa shape index (κ2) is 2.97. The van der Waals surface area contributed by atoms with Crippen LogP contribution < -0.4 is 16.2 Å². The summed E-state index contributed by atoms with van der Waals surface area (Å²) in [4.78, 5) is 13.6. The van der Waals surface area contributed by atoms with E-state index in [2.05, 4.69) is 5.43 Å². The number of hydrazine groups is 1. The van der Waals surface area contributed by atoms with Crippen molar-refractivity contribution in [2.45, 2.75) is 19.3 Å². The van der Waals surface area contributed by atoms with Crippen molar-refractivity contribution in [2.24, 2.45) is 5.84 Å². The summed E-state index contributed by atoms with van der Waals surface area (Å²) in [5.41, 5.74) is 7.07. The van der Waals surface area contributed by atoms with E-state index in [4.69, 9.17) is 5.84 Å². The average molecular weight is 203 g/mol. The van der Waals surface area contributed by atoms with E-state index in [1.807, 2.05) is 17.0 Å². The molecular weight excluding hydrogens is 190 g/mol. The third kappa shape index (κ3) is 1.15. The van der Waals surface area contributed by atoms with Gasteiger partial charge in [0.15, 0.2) is 0 Å². The molecule has 0 aliphatic carbocycles. The first kappa shape index (κ1) is 8.73. The van der Waals surface area contributed by atoms with Crippen molar-refractivity contribution in [3.05, 3.63) is 23.3 Å². The molecule has 4 heteroatoms. The molecule has 0 saturated carbocycles. The van der Waals surface area contributed by atoms with Crippen molar-refractivity contribution in [2.75, 3.05) is 16.9 Å². The van der Waals surface area contributed by atoms with Crippen molar-refractivity contribution in [1.29, 1.82) is 0 Å². The maximum atomic E-state index is 11.7. The van der Waals surface area contributed by atoms with Crippen molar-refractivity contribution in [3.63, 3.8) is 0 Å². The minimum Gasteiger partial charge on any atom is -0.324 e. The summed E-state index contributed by atoms with van der Waals surface area (Å²) in [6.45, 7) is 0.869. The number of benzene rings is 1. The van der Waals surface area contributed by atoms with Crippen LogP contribution in [-0.2, 0) is 17.6 Å². The van der Waals surface area contributed by atoms with Gasteiger partial charge in [0.1, 0.15) is 0 Å². The number of rotatable bonds is 1. The van der Waals surface area contributed by atoms with Crippen LogP contribution in [0.1, 0.15) is 17.5 Å². The van der Waals surface area contributed by atoms with Gasteiger partial charge < -0.3 is 10.3 Å². The number of carbonyl (C=O) groups is 1. The molecule has 0 atom stereocenters. The molecule has 0 spiro atoms. The number of nitrogens with one attached hydrogen (secondary N) is 1. The van der Waals surface area contributed by atoms with Crippen LogP contribution >= 0.6 is 0 Å². The molecule has 1 aromatic carbocycles. The van der Waals surface area contributed by atoms with E-state index >= 15 is 0 Å². The highest BCUT2D eigenvalue weighted by Crippen LogP contribution is 2.38. The van der Waals surface area contributed by atoms with Gasteiger partial charge in [-0.15, -0.1) is 0 Å². The van der Waals surface area contributed by atoms with E-state index in [1.54, 1.807) is 0 Å². The Hall–Kier alpha value is -1.55. The summed E-state index contributed by atoms with van der Waals surface area (Å²) in [6, 6.07) is 4.02. The SMILES string of the molecule is NNc1cc2c3c(c1)CC(=O)N3CCC2. The minimum atomic E-state index is 0.222. The summed E-state index contributed by atoms with van der Waals surface area (Å²) in [7, 11) is 0. The fourth-order valence-electron chi connectivity index (χ4n) is 2.56. The molecule has 3 N–H and O–H groups in total. The van der Waals surface area contributed by atoms with Crippen molar-refractivity contribution in [3.8, 4) is 0 Å². The predicted molar refractivity (Wildman–Crippen MR) is 58.6 cm³/mol. The average Bonchev–Trinajstić information content (AvgIpc) is 2.58. The van der Waals surface area contributed by atoms with E-state index in [0.717, 1.165) is 36.3 Å². The van der Waals surface area contributed by atoms with Gasteiger partial charge in [-0.05, 0) is 36.1 Å². The lowest BCUT2D eigenvalue weighted by molar-refractivity contribution is -0.117. The van der Waals surface area contributed by atoms with Crippen LogP contribution in [-0.4, -0.2) is 12.5 Å². The maximum Gasteiger partial charge on any atom is 0.231 e. The van der Waals surface area contributed by atoms with Gasteiger partial charge in [0.2, 0.25) is 5.91 Å². The molecule has 0 saturated heterocycles. The number of nitrogens with two attached hydrogens (primary N) is 1. The van der Waals surface area contributed by atoms with Crippen LogP contribution in [0.2, 0.25) is 0 Å². The Labute approximate surface area is 88.0 Å². The van der Waals surface area contributed by atoms with Crippen molar-refractivity contribution < 1.29 is 4.79 Å². The highest BCUT2D eigenvalue weighted by atomic mass is 16.2. The van der Waals surface area contributed by atoms with Gasteiger partial charge in [-0.3, -0.25) is 10.6 Å². The fourth-order valence-corrected chi connectivity index (χ4v) is 2.56. The summed E-state index contributed by atoms with van der Waals surface area (Å²) < 4.78 is 0. The highest BCUT2D eigenvalue weighted by molar-refractivity contribution is 6.03. The molecule has 0 aromatic heterocycles. The van der Waals surface area contributed by atoms with Gasteiger partial charge in [0.25, 0.3) is 0 Å². The molecule has 3 rings (SSSR count). The lowest BCUT2D eigenvalue weighted by Crippen LogP contribution is -2.31. The Balaban J connectivity index is 2.20. The molecule has 0 unspecified atom stereocenters. The molecule has 1 aromatic rings. The van der Waals surface area contributed by atoms with Gasteiger partial charge in [-0.25, -0.2) is 0 Å². The van der Waals surface area contributed by atoms with Gasteiger partial charge >= 0.3 is 0 Å². The molecule has 2 heterocycles. The van der Waals surface area contributed by atoms with E-state index in [1.165, 1.54) is 5.56 Å². The standard InChI is InChI=1S/C11H13N3O/c12-13-9-4-7-2-1-3-14-10(15)6-8(5-9)11(7)14/h4-5,13H,1-3,6,12H2. The van der Waals surface area contributed by atoms with Crippen molar-refractivity contribution in [1.82, 2.24) is 0 Å². The van der Waals surface area contributed by atoms with Gasteiger partial charge in [-0.1, -0.05) is 0 Å². The second-order valence-electron chi connectivity index (χ2n) is 4.11. The smallest absolute Gasteiger partial charge is 0.231 e. The number of amides is 1. The van der Waals surface area contributed by atoms with Crippen LogP contribution in [0.15, 0.2) is 12.1 Å². The summed E-state index contributed by atoms with van der Waals surface area (Å²) >= 11 is 0. The van der Waals surface area contributed by atoms with Crippen molar-refractivity contribution >= 4 is 17.3 Å². The molecule has 0 bridgehead atoms. The molecule has 1 amide bonds. The zero-order chi connectivity index (χ0) is 10.4. The molecular formula is C11H13N3O. The molecule has 4 nitrogen and oxygen atoms in total. The molecule has 2 aliphatic rings. The topological polar surface area (TPSA) is 58.4 Å². The summed E-state index contributed by atoms with van der Waals surface area (Å²) in [6.07, 6.45) is 2.62. The Morgan fingerprint density at radius 3 is 2.93 bits per heavy atom. The number of hydrogen-bond donors (Lipinski definition) is 2. The highest BCUT2D eigenvalue weighted by Gasteiger charge is 2.32. The Kier molecular flexibility index (Phi) is 1.73. The number of aryl methyl sites for hydroxylation is 1. The molecule has 15 heavy (non-hydrogen) atoms. The Morgan fingerprint density at radius 1 is 1.33 bits per heavy atom. The first-order valence-corrected chi connectivity index (χ1v) is 5.22. The monoisotopic (exact) mass is 203 g/mol. The van der Waals surface area contributed by atoms with Gasteiger partial charge in [0, 0.05) is 12.2 Å². The first-order chi connectivity index (χ1) is 7.29. The predicted octanol–water partition coefficient (Wildman–Crippen LogP) is 0.808. The van der Waals surface area contributed by atoms with Crippen LogP contribution in [0.5, 0.6) is 0 Å². The quantitative estimate of drug-likeness (QED) is 0.524. The van der Waals surface area contributed by atoms with E-state index < -0.39 is 0 Å². The summed E-state index contributed by atoms with van der Waals surface area (Å²) in [5.74, 6) is 5.63. The zero-order valence-corrected chi connectivity index (χ0v) is 8.42. The first-order valence-electron chi connectivity index (χ1n) is 5.22. The van der Waals surface area contributed by atoms with Gasteiger partial charge in [0.05, 0.1) is 12.1 Å². The fraction of sp³-hybridized carbons (Fsp3) is 0.364. The number of carbonyl (C=O) groups excluding carboxylic acids is 1. The van der Waals surface area contributed by atoms with Crippen LogP contribution in [0.25, 0.3) is 0 Å². The van der Waals surface area contributed by atoms with Gasteiger partial charge in [-0.2, -0.15) is 0 Å². The lowest BCUT2D eigenvalue weighted by Gasteiger charge is -2.25. The number of hydrogen-bond acceptors (Lipinski definition) is 3. The van der Waals surface area contributed by atoms with E-state index in [0.29, 0.717) is 6.42 Å². The number of nitrogens with zero attached hydrogens (tertiary/aromatic N) is 1. The molecule has 0 radical (unpaired) electrons. The van der Waals surface area contributed by atoms with Crippen LogP contribution in [0.3, 0.4) is 0 Å². The largest absolute Gasteiger partial charge is 0.324 e. The zero-order valence-electron chi connectivity index (χ0n) is 8.42. The lowest BCUT2D eigenvalue weighted by atomic mass is 9.99. The number of nitrogen functional groups attached to an aromatic ring is 1. The maximum absolute atomic E-state index is 11.7. The summed E-state index contributed by atoms with van der Waals surface area (Å²) in [5, 5.41) is 0. The van der Waals surface area contributed by atoms with Crippen LogP contribution in [0.4, 0.5) is 11.4 Å². The second-order valence-corrected chi connectivity index (χ2v) is 4.11. The molecule has 78 valence electrons. The van der Waals surface area contributed by atoms with E-state index in [-0.39, 0.29) is 5.91 Å². The number of anilines is 2. The molecule has 0 fully saturated rings.